The Labute approximate surface area is 121 Å². The fraction of sp³-hybridized carbons (Fsp3) is 0.0625. The van der Waals surface area contributed by atoms with Crippen molar-refractivity contribution in [3.8, 4) is 0 Å². The van der Waals surface area contributed by atoms with E-state index in [0.29, 0.717) is 17.3 Å². The molecule has 0 unspecified atom stereocenters. The molecule has 0 bridgehead atoms. The minimum Gasteiger partial charge on any atom is -0.351 e. The fourth-order valence-corrected chi connectivity index (χ4v) is 2.31. The van der Waals surface area contributed by atoms with Crippen LogP contribution in [0.4, 0.5) is 0 Å². The van der Waals surface area contributed by atoms with Gasteiger partial charge in [0.1, 0.15) is 5.69 Å². The maximum absolute atomic E-state index is 12.1. The van der Waals surface area contributed by atoms with E-state index in [1.54, 1.807) is 0 Å². The predicted molar refractivity (Wildman–Crippen MR) is 80.9 cm³/mol. The minimum atomic E-state index is -0.138. The predicted octanol–water partition coefficient (Wildman–Crippen LogP) is 3.75. The fourth-order valence-electron chi connectivity index (χ4n) is 2.11. The highest BCUT2D eigenvalue weighted by atomic mass is 35.5. The molecule has 0 aliphatic carbocycles. The molecule has 100 valence electrons. The molecule has 1 aromatic heterocycles. The van der Waals surface area contributed by atoms with Gasteiger partial charge in [0.15, 0.2) is 0 Å². The Morgan fingerprint density at radius 1 is 1.10 bits per heavy atom. The number of hydrogen-bond donors (Lipinski definition) is 2. The molecular weight excluding hydrogens is 272 g/mol. The van der Waals surface area contributed by atoms with Crippen LogP contribution in [0.15, 0.2) is 54.6 Å². The van der Waals surface area contributed by atoms with Gasteiger partial charge in [-0.2, -0.15) is 0 Å². The Kier molecular flexibility index (Phi) is 3.44. The van der Waals surface area contributed by atoms with Gasteiger partial charge in [-0.3, -0.25) is 4.79 Å². The number of aromatic nitrogens is 1. The number of para-hydroxylation sites is 1. The molecular formula is C16H13ClN2O. The second-order valence-corrected chi connectivity index (χ2v) is 4.95. The molecule has 20 heavy (non-hydrogen) atoms. The van der Waals surface area contributed by atoms with Gasteiger partial charge in [0, 0.05) is 22.5 Å². The average molecular weight is 285 g/mol. The third-order valence-corrected chi connectivity index (χ3v) is 3.54. The molecule has 3 rings (SSSR count). The summed E-state index contributed by atoms with van der Waals surface area (Å²) >= 11 is 6.06. The number of hydrogen-bond acceptors (Lipinski definition) is 1. The van der Waals surface area contributed by atoms with E-state index in [2.05, 4.69) is 10.3 Å². The Morgan fingerprint density at radius 2 is 1.85 bits per heavy atom. The SMILES string of the molecule is O=C(NCc1ccccc1Cl)c1cc2ccccc2[nH]1. The van der Waals surface area contributed by atoms with E-state index in [1.807, 2.05) is 54.6 Å². The van der Waals surface area contributed by atoms with Crippen LogP contribution >= 0.6 is 11.6 Å². The first-order valence-corrected chi connectivity index (χ1v) is 6.71. The van der Waals surface area contributed by atoms with Crippen molar-refractivity contribution in [1.82, 2.24) is 10.3 Å². The standard InChI is InChI=1S/C16H13ClN2O/c17-13-7-3-1-6-12(13)10-18-16(20)15-9-11-5-2-4-8-14(11)19-15/h1-9,19H,10H2,(H,18,20). The Morgan fingerprint density at radius 3 is 2.65 bits per heavy atom. The summed E-state index contributed by atoms with van der Waals surface area (Å²) in [7, 11) is 0. The Bertz CT molecular complexity index is 731. The van der Waals surface area contributed by atoms with Gasteiger partial charge in [-0.05, 0) is 23.8 Å². The molecule has 0 radical (unpaired) electrons. The average Bonchev–Trinajstić information content (AvgIpc) is 2.90. The number of halogens is 1. The Hall–Kier alpha value is -2.26. The van der Waals surface area contributed by atoms with Gasteiger partial charge in [-0.15, -0.1) is 0 Å². The van der Waals surface area contributed by atoms with E-state index < -0.39 is 0 Å². The molecule has 0 aliphatic rings. The monoisotopic (exact) mass is 284 g/mol. The van der Waals surface area contributed by atoms with Gasteiger partial charge in [0.25, 0.3) is 5.91 Å². The van der Waals surface area contributed by atoms with Crippen LogP contribution < -0.4 is 5.32 Å². The first kappa shape index (κ1) is 12.8. The highest BCUT2D eigenvalue weighted by Crippen LogP contribution is 2.16. The number of benzene rings is 2. The molecule has 4 heteroatoms. The van der Waals surface area contributed by atoms with Crippen LogP contribution in [0.25, 0.3) is 10.9 Å². The molecule has 1 amide bonds. The summed E-state index contributed by atoms with van der Waals surface area (Å²) in [5.41, 5.74) is 2.41. The molecule has 2 aromatic carbocycles. The lowest BCUT2D eigenvalue weighted by atomic mass is 10.2. The minimum absolute atomic E-state index is 0.138. The molecule has 0 atom stereocenters. The van der Waals surface area contributed by atoms with Crippen LogP contribution in [-0.2, 0) is 6.54 Å². The zero-order valence-corrected chi connectivity index (χ0v) is 11.4. The third-order valence-electron chi connectivity index (χ3n) is 3.17. The molecule has 0 aliphatic heterocycles. The van der Waals surface area contributed by atoms with Crippen LogP contribution in [0.2, 0.25) is 5.02 Å². The number of aromatic amines is 1. The van der Waals surface area contributed by atoms with Crippen molar-refractivity contribution in [3.05, 3.63) is 70.9 Å². The molecule has 3 nitrogen and oxygen atoms in total. The lowest BCUT2D eigenvalue weighted by Crippen LogP contribution is -2.23. The van der Waals surface area contributed by atoms with E-state index in [9.17, 15) is 4.79 Å². The van der Waals surface area contributed by atoms with Crippen LogP contribution in [0.3, 0.4) is 0 Å². The molecule has 2 N–H and O–H groups in total. The van der Waals surface area contributed by atoms with Gasteiger partial charge in [0.2, 0.25) is 0 Å². The molecule has 1 heterocycles. The van der Waals surface area contributed by atoms with Gasteiger partial charge in [-0.1, -0.05) is 48.0 Å². The lowest BCUT2D eigenvalue weighted by Gasteiger charge is -2.05. The normalized spacial score (nSPS) is 10.7. The summed E-state index contributed by atoms with van der Waals surface area (Å²) in [5.74, 6) is -0.138. The molecule has 0 saturated carbocycles. The van der Waals surface area contributed by atoms with E-state index in [4.69, 9.17) is 11.6 Å². The van der Waals surface area contributed by atoms with E-state index in [1.165, 1.54) is 0 Å². The van der Waals surface area contributed by atoms with Crippen molar-refractivity contribution in [3.63, 3.8) is 0 Å². The number of amides is 1. The Balaban J connectivity index is 1.75. The summed E-state index contributed by atoms with van der Waals surface area (Å²) in [6, 6.07) is 17.1. The summed E-state index contributed by atoms with van der Waals surface area (Å²) in [6.07, 6.45) is 0. The highest BCUT2D eigenvalue weighted by Gasteiger charge is 2.09. The molecule has 0 fully saturated rings. The first-order valence-electron chi connectivity index (χ1n) is 6.33. The zero-order valence-electron chi connectivity index (χ0n) is 10.7. The van der Waals surface area contributed by atoms with Crippen molar-refractivity contribution >= 4 is 28.4 Å². The van der Waals surface area contributed by atoms with Crippen LogP contribution in [0.5, 0.6) is 0 Å². The summed E-state index contributed by atoms with van der Waals surface area (Å²) in [6.45, 7) is 0.411. The summed E-state index contributed by atoms with van der Waals surface area (Å²) in [4.78, 5) is 15.2. The maximum atomic E-state index is 12.1. The second kappa shape index (κ2) is 5.39. The van der Waals surface area contributed by atoms with E-state index >= 15 is 0 Å². The quantitative estimate of drug-likeness (QED) is 0.756. The van der Waals surface area contributed by atoms with Crippen molar-refractivity contribution in [2.24, 2.45) is 0 Å². The molecule has 0 spiro atoms. The zero-order chi connectivity index (χ0) is 13.9. The van der Waals surface area contributed by atoms with Crippen LogP contribution in [-0.4, -0.2) is 10.9 Å². The van der Waals surface area contributed by atoms with Crippen molar-refractivity contribution in [1.29, 1.82) is 0 Å². The van der Waals surface area contributed by atoms with Gasteiger partial charge >= 0.3 is 0 Å². The van der Waals surface area contributed by atoms with Crippen molar-refractivity contribution in [2.45, 2.75) is 6.54 Å². The number of rotatable bonds is 3. The smallest absolute Gasteiger partial charge is 0.267 e. The van der Waals surface area contributed by atoms with E-state index in [0.717, 1.165) is 16.5 Å². The van der Waals surface area contributed by atoms with E-state index in [-0.39, 0.29) is 5.91 Å². The lowest BCUT2D eigenvalue weighted by molar-refractivity contribution is 0.0947. The van der Waals surface area contributed by atoms with Crippen LogP contribution in [0.1, 0.15) is 16.1 Å². The number of fused-ring (bicyclic) bond motifs is 1. The second-order valence-electron chi connectivity index (χ2n) is 4.54. The topological polar surface area (TPSA) is 44.9 Å². The third kappa shape index (κ3) is 2.53. The largest absolute Gasteiger partial charge is 0.351 e. The first-order chi connectivity index (χ1) is 9.74. The van der Waals surface area contributed by atoms with Gasteiger partial charge in [0.05, 0.1) is 0 Å². The van der Waals surface area contributed by atoms with Crippen molar-refractivity contribution < 1.29 is 4.79 Å². The van der Waals surface area contributed by atoms with Crippen LogP contribution in [0, 0.1) is 0 Å². The highest BCUT2D eigenvalue weighted by molar-refractivity contribution is 6.31. The number of H-pyrrole nitrogens is 1. The number of carbonyl (C=O) groups is 1. The van der Waals surface area contributed by atoms with Gasteiger partial charge < -0.3 is 10.3 Å². The molecule has 3 aromatic rings. The summed E-state index contributed by atoms with van der Waals surface area (Å²) in [5, 5.41) is 4.54. The summed E-state index contributed by atoms with van der Waals surface area (Å²) < 4.78 is 0. The number of carbonyl (C=O) groups excluding carboxylic acids is 1. The maximum Gasteiger partial charge on any atom is 0.267 e. The van der Waals surface area contributed by atoms with Crippen molar-refractivity contribution in [2.75, 3.05) is 0 Å². The number of nitrogens with one attached hydrogen (secondary N) is 2. The molecule has 0 saturated heterocycles. The van der Waals surface area contributed by atoms with Gasteiger partial charge in [-0.25, -0.2) is 0 Å².